The number of carbonyl (C=O) groups is 1. The number of benzene rings is 1. The lowest BCUT2D eigenvalue weighted by molar-refractivity contribution is 0.105. The third-order valence-electron chi connectivity index (χ3n) is 2.30. The molecule has 0 saturated carbocycles. The first-order valence-electron chi connectivity index (χ1n) is 4.57. The Morgan fingerprint density at radius 3 is 2.67 bits per heavy atom. The zero-order valence-electron chi connectivity index (χ0n) is 8.24. The summed E-state index contributed by atoms with van der Waals surface area (Å²) in [7, 11) is 1.57. The van der Waals surface area contributed by atoms with Crippen molar-refractivity contribution in [2.24, 2.45) is 0 Å². The first kappa shape index (κ1) is 10.3. The third-order valence-corrected chi connectivity index (χ3v) is 2.55. The summed E-state index contributed by atoms with van der Waals surface area (Å²) in [5, 5.41) is 3.35. The van der Waals surface area contributed by atoms with Gasteiger partial charge in [0.15, 0.2) is 0 Å². The molecule has 1 fully saturated rings. The summed E-state index contributed by atoms with van der Waals surface area (Å²) in [6.45, 7) is 0.511. The second-order valence-corrected chi connectivity index (χ2v) is 3.70. The maximum Gasteiger partial charge on any atom is 0.324 e. The van der Waals surface area contributed by atoms with Crippen LogP contribution in [0.25, 0.3) is 0 Å². The van der Waals surface area contributed by atoms with Crippen molar-refractivity contribution in [3.8, 4) is 0 Å². The molecule has 1 aliphatic heterocycles. The van der Waals surface area contributed by atoms with Crippen LogP contribution in [0.15, 0.2) is 24.3 Å². The van der Waals surface area contributed by atoms with Gasteiger partial charge < -0.3 is 10.1 Å². The van der Waals surface area contributed by atoms with Gasteiger partial charge in [-0.05, 0) is 24.3 Å². The first-order chi connectivity index (χ1) is 7.20. The average molecular weight is 227 g/mol. The number of methoxy groups -OCH3 is 1. The Hall–Kier alpha value is -1.26. The third kappa shape index (κ3) is 2.06. The number of carbonyl (C=O) groups excluding carboxylic acids is 1. The van der Waals surface area contributed by atoms with Crippen LogP contribution in [0.1, 0.15) is 0 Å². The van der Waals surface area contributed by atoms with E-state index in [0.29, 0.717) is 11.6 Å². The summed E-state index contributed by atoms with van der Waals surface area (Å²) in [5.41, 5.74) is 0.816. The maximum absolute atomic E-state index is 11.5. The van der Waals surface area contributed by atoms with Crippen LogP contribution in [0.2, 0.25) is 5.02 Å². The highest BCUT2D eigenvalue weighted by Gasteiger charge is 2.29. The fourth-order valence-electron chi connectivity index (χ4n) is 1.49. The van der Waals surface area contributed by atoms with Crippen molar-refractivity contribution < 1.29 is 9.53 Å². The van der Waals surface area contributed by atoms with E-state index in [1.165, 1.54) is 0 Å². The van der Waals surface area contributed by atoms with E-state index in [2.05, 4.69) is 5.32 Å². The van der Waals surface area contributed by atoms with E-state index in [4.69, 9.17) is 16.3 Å². The van der Waals surface area contributed by atoms with E-state index in [1.54, 1.807) is 36.3 Å². The monoisotopic (exact) mass is 226 g/mol. The Morgan fingerprint density at radius 2 is 2.13 bits per heavy atom. The molecule has 80 valence electrons. The Morgan fingerprint density at radius 1 is 1.47 bits per heavy atom. The minimum atomic E-state index is -0.242. The molecule has 1 aliphatic rings. The number of rotatable bonds is 2. The number of nitrogens with one attached hydrogen (secondary N) is 1. The SMILES string of the molecule is COC1CN(c2ccc(Cl)cc2)C(=O)N1. The summed E-state index contributed by atoms with van der Waals surface area (Å²) in [6.07, 6.45) is -0.242. The molecule has 1 aromatic rings. The van der Waals surface area contributed by atoms with Crippen molar-refractivity contribution in [1.29, 1.82) is 0 Å². The highest BCUT2D eigenvalue weighted by molar-refractivity contribution is 6.30. The highest BCUT2D eigenvalue weighted by Crippen LogP contribution is 2.20. The average Bonchev–Trinajstić information content (AvgIpc) is 2.61. The number of anilines is 1. The van der Waals surface area contributed by atoms with Gasteiger partial charge in [0.25, 0.3) is 0 Å². The number of urea groups is 1. The molecule has 2 amide bonds. The number of halogens is 1. The van der Waals surface area contributed by atoms with E-state index < -0.39 is 0 Å². The Labute approximate surface area is 92.8 Å². The van der Waals surface area contributed by atoms with Gasteiger partial charge in [0, 0.05) is 17.8 Å². The first-order valence-corrected chi connectivity index (χ1v) is 4.95. The van der Waals surface area contributed by atoms with Gasteiger partial charge in [-0.1, -0.05) is 11.6 Å². The minimum absolute atomic E-state index is 0.149. The molecule has 1 saturated heterocycles. The second-order valence-electron chi connectivity index (χ2n) is 3.26. The van der Waals surface area contributed by atoms with Crippen LogP contribution in [-0.4, -0.2) is 25.9 Å². The van der Waals surface area contributed by atoms with E-state index in [0.717, 1.165) is 5.69 Å². The van der Waals surface area contributed by atoms with Crippen molar-refractivity contribution in [2.75, 3.05) is 18.6 Å². The normalized spacial score (nSPS) is 20.5. The molecule has 1 heterocycles. The zero-order chi connectivity index (χ0) is 10.8. The number of amides is 2. The minimum Gasteiger partial charge on any atom is -0.360 e. The van der Waals surface area contributed by atoms with E-state index in [9.17, 15) is 4.79 Å². The Kier molecular flexibility index (Phi) is 2.79. The molecule has 0 bridgehead atoms. The number of hydrogen-bond acceptors (Lipinski definition) is 2. The molecule has 2 rings (SSSR count). The Bertz CT molecular complexity index is 366. The maximum atomic E-state index is 11.5. The van der Waals surface area contributed by atoms with E-state index >= 15 is 0 Å². The van der Waals surface area contributed by atoms with Crippen molar-refractivity contribution in [3.05, 3.63) is 29.3 Å². The standard InChI is InChI=1S/C10H11ClN2O2/c1-15-9-6-13(10(14)12-9)8-4-2-7(11)3-5-8/h2-5,9H,6H2,1H3,(H,12,14). The molecule has 1 unspecified atom stereocenters. The summed E-state index contributed by atoms with van der Waals surface area (Å²) in [4.78, 5) is 13.1. The van der Waals surface area contributed by atoms with Gasteiger partial charge in [-0.3, -0.25) is 4.90 Å². The predicted octanol–water partition coefficient (Wildman–Crippen LogP) is 1.84. The molecule has 1 aromatic carbocycles. The van der Waals surface area contributed by atoms with Crippen molar-refractivity contribution >= 4 is 23.3 Å². The van der Waals surface area contributed by atoms with Crippen LogP contribution in [-0.2, 0) is 4.74 Å². The molecular weight excluding hydrogens is 216 g/mol. The van der Waals surface area contributed by atoms with Gasteiger partial charge in [-0.25, -0.2) is 4.79 Å². The number of nitrogens with zero attached hydrogens (tertiary/aromatic N) is 1. The van der Waals surface area contributed by atoms with Gasteiger partial charge in [0.1, 0.15) is 6.23 Å². The summed E-state index contributed by atoms with van der Waals surface area (Å²) in [5.74, 6) is 0. The van der Waals surface area contributed by atoms with Crippen molar-refractivity contribution in [2.45, 2.75) is 6.23 Å². The topological polar surface area (TPSA) is 41.6 Å². The van der Waals surface area contributed by atoms with Gasteiger partial charge in [0.05, 0.1) is 6.54 Å². The zero-order valence-corrected chi connectivity index (χ0v) is 8.99. The van der Waals surface area contributed by atoms with Crippen LogP contribution in [0.5, 0.6) is 0 Å². The van der Waals surface area contributed by atoms with Crippen LogP contribution in [0.3, 0.4) is 0 Å². The fourth-order valence-corrected chi connectivity index (χ4v) is 1.61. The molecule has 0 aliphatic carbocycles. The quantitative estimate of drug-likeness (QED) is 0.836. The van der Waals surface area contributed by atoms with Crippen LogP contribution < -0.4 is 10.2 Å². The second kappa shape index (κ2) is 4.08. The van der Waals surface area contributed by atoms with Crippen LogP contribution in [0.4, 0.5) is 10.5 Å². The summed E-state index contributed by atoms with van der Waals surface area (Å²) < 4.78 is 5.06. The molecule has 1 N–H and O–H groups in total. The Balaban J connectivity index is 2.18. The molecule has 0 spiro atoms. The molecule has 15 heavy (non-hydrogen) atoms. The lowest BCUT2D eigenvalue weighted by Gasteiger charge is -2.14. The fraction of sp³-hybridized carbons (Fsp3) is 0.300. The smallest absolute Gasteiger partial charge is 0.324 e. The molecule has 0 aromatic heterocycles. The highest BCUT2D eigenvalue weighted by atomic mass is 35.5. The molecule has 5 heteroatoms. The summed E-state index contributed by atoms with van der Waals surface area (Å²) >= 11 is 5.77. The lowest BCUT2D eigenvalue weighted by atomic mass is 10.3. The van der Waals surface area contributed by atoms with E-state index in [-0.39, 0.29) is 12.3 Å². The molecule has 0 radical (unpaired) electrons. The predicted molar refractivity (Wildman–Crippen MR) is 58.1 cm³/mol. The number of ether oxygens (including phenoxy) is 1. The summed E-state index contributed by atoms with van der Waals surface area (Å²) in [6, 6.07) is 6.97. The largest absolute Gasteiger partial charge is 0.360 e. The molecule has 4 nitrogen and oxygen atoms in total. The van der Waals surface area contributed by atoms with Gasteiger partial charge >= 0.3 is 6.03 Å². The van der Waals surface area contributed by atoms with Gasteiger partial charge in [0.2, 0.25) is 0 Å². The number of hydrogen-bond donors (Lipinski definition) is 1. The van der Waals surface area contributed by atoms with Crippen molar-refractivity contribution in [3.63, 3.8) is 0 Å². The molecular formula is C10H11ClN2O2. The molecule has 1 atom stereocenters. The van der Waals surface area contributed by atoms with Crippen LogP contribution in [0, 0.1) is 0 Å². The van der Waals surface area contributed by atoms with Gasteiger partial charge in [-0.15, -0.1) is 0 Å². The van der Waals surface area contributed by atoms with Crippen molar-refractivity contribution in [1.82, 2.24) is 5.32 Å². The van der Waals surface area contributed by atoms with Gasteiger partial charge in [-0.2, -0.15) is 0 Å². The van der Waals surface area contributed by atoms with E-state index in [1.807, 2.05) is 0 Å². The van der Waals surface area contributed by atoms with Crippen LogP contribution >= 0.6 is 11.6 Å². The lowest BCUT2D eigenvalue weighted by Crippen LogP contribution is -2.29.